The molecule has 0 saturated heterocycles. The Bertz CT molecular complexity index is 462. The quantitative estimate of drug-likeness (QED) is 0.795. The molecule has 0 atom stereocenters. The van der Waals surface area contributed by atoms with Crippen LogP contribution in [0.2, 0.25) is 0 Å². The maximum atomic E-state index is 4.58. The summed E-state index contributed by atoms with van der Waals surface area (Å²) in [5.41, 5.74) is 3.52. The summed E-state index contributed by atoms with van der Waals surface area (Å²) < 4.78 is 0. The van der Waals surface area contributed by atoms with Gasteiger partial charge in [0.25, 0.3) is 0 Å². The lowest BCUT2D eigenvalue weighted by Gasteiger charge is -1.96. The number of aryl methyl sites for hydroxylation is 1. The first kappa shape index (κ1) is 11.5. The molecule has 1 N–H and O–H groups in total. The van der Waals surface area contributed by atoms with Crippen molar-refractivity contribution in [1.82, 2.24) is 9.97 Å². The van der Waals surface area contributed by atoms with Gasteiger partial charge in [0.1, 0.15) is 5.82 Å². The van der Waals surface area contributed by atoms with Crippen molar-refractivity contribution in [3.8, 4) is 0 Å². The SMILES string of the molecule is CCCCSCc1nc2ccc(C)cc2[nH]1. The molecule has 16 heavy (non-hydrogen) atoms. The lowest BCUT2D eigenvalue weighted by atomic mass is 10.2. The van der Waals surface area contributed by atoms with Gasteiger partial charge in [-0.3, -0.25) is 0 Å². The van der Waals surface area contributed by atoms with E-state index >= 15 is 0 Å². The molecule has 0 saturated carbocycles. The van der Waals surface area contributed by atoms with Crippen LogP contribution in [0, 0.1) is 6.92 Å². The molecular formula is C13H18N2S. The molecule has 0 aliphatic carbocycles. The van der Waals surface area contributed by atoms with E-state index in [1.165, 1.54) is 24.2 Å². The third-order valence-corrected chi connectivity index (χ3v) is 3.62. The lowest BCUT2D eigenvalue weighted by Crippen LogP contribution is -1.85. The fourth-order valence-electron chi connectivity index (χ4n) is 1.66. The van der Waals surface area contributed by atoms with E-state index in [0.717, 1.165) is 22.6 Å². The van der Waals surface area contributed by atoms with Gasteiger partial charge in [0.05, 0.1) is 16.8 Å². The van der Waals surface area contributed by atoms with Gasteiger partial charge in [0, 0.05) is 0 Å². The number of thioether (sulfide) groups is 1. The van der Waals surface area contributed by atoms with Crippen molar-refractivity contribution in [1.29, 1.82) is 0 Å². The molecular weight excluding hydrogens is 216 g/mol. The summed E-state index contributed by atoms with van der Waals surface area (Å²) in [6.45, 7) is 4.33. The molecule has 0 amide bonds. The van der Waals surface area contributed by atoms with Gasteiger partial charge < -0.3 is 4.98 Å². The molecule has 1 aromatic carbocycles. The Hall–Kier alpha value is -0.960. The van der Waals surface area contributed by atoms with E-state index in [0.29, 0.717) is 0 Å². The minimum Gasteiger partial charge on any atom is -0.341 e. The van der Waals surface area contributed by atoms with Gasteiger partial charge in [-0.25, -0.2) is 4.98 Å². The molecule has 0 spiro atoms. The average Bonchev–Trinajstić information content (AvgIpc) is 2.66. The molecule has 0 radical (unpaired) electrons. The van der Waals surface area contributed by atoms with Gasteiger partial charge >= 0.3 is 0 Å². The number of nitrogens with one attached hydrogen (secondary N) is 1. The maximum Gasteiger partial charge on any atom is 0.117 e. The van der Waals surface area contributed by atoms with E-state index in [9.17, 15) is 0 Å². The van der Waals surface area contributed by atoms with Crippen molar-refractivity contribution < 1.29 is 0 Å². The molecule has 86 valence electrons. The van der Waals surface area contributed by atoms with E-state index in [2.05, 4.69) is 42.0 Å². The number of H-pyrrole nitrogens is 1. The zero-order valence-corrected chi connectivity index (χ0v) is 10.7. The smallest absolute Gasteiger partial charge is 0.117 e. The van der Waals surface area contributed by atoms with Gasteiger partial charge in [-0.15, -0.1) is 0 Å². The van der Waals surface area contributed by atoms with E-state index in [1.807, 2.05) is 11.8 Å². The topological polar surface area (TPSA) is 28.7 Å². The van der Waals surface area contributed by atoms with Crippen LogP contribution < -0.4 is 0 Å². The molecule has 1 heterocycles. The number of fused-ring (bicyclic) bond motifs is 1. The predicted octanol–water partition coefficient (Wildman–Crippen LogP) is 3.90. The molecule has 2 nitrogen and oxygen atoms in total. The molecule has 0 aliphatic rings. The number of rotatable bonds is 5. The van der Waals surface area contributed by atoms with Crippen LogP contribution in [0.5, 0.6) is 0 Å². The first-order valence-corrected chi connectivity index (χ1v) is 6.98. The van der Waals surface area contributed by atoms with Crippen LogP contribution in [0.25, 0.3) is 11.0 Å². The first-order chi connectivity index (χ1) is 7.79. The molecule has 3 heteroatoms. The van der Waals surface area contributed by atoms with Crippen molar-refractivity contribution in [3.63, 3.8) is 0 Å². The summed E-state index contributed by atoms with van der Waals surface area (Å²) in [5, 5.41) is 0. The first-order valence-electron chi connectivity index (χ1n) is 5.82. The number of aromatic amines is 1. The van der Waals surface area contributed by atoms with Gasteiger partial charge in [0.15, 0.2) is 0 Å². The van der Waals surface area contributed by atoms with E-state index in [4.69, 9.17) is 0 Å². The Labute approximate surface area is 101 Å². The summed E-state index contributed by atoms with van der Waals surface area (Å²) in [6, 6.07) is 6.35. The van der Waals surface area contributed by atoms with Crippen molar-refractivity contribution in [2.45, 2.75) is 32.4 Å². The number of hydrogen-bond donors (Lipinski definition) is 1. The van der Waals surface area contributed by atoms with Gasteiger partial charge in [-0.2, -0.15) is 11.8 Å². The van der Waals surface area contributed by atoms with Crippen molar-refractivity contribution >= 4 is 22.8 Å². The van der Waals surface area contributed by atoms with E-state index < -0.39 is 0 Å². The Morgan fingerprint density at radius 1 is 1.38 bits per heavy atom. The molecule has 0 aliphatic heterocycles. The standard InChI is InChI=1S/C13H18N2S/c1-3-4-7-16-9-13-14-11-6-5-10(2)8-12(11)15-13/h5-6,8H,3-4,7,9H2,1-2H3,(H,14,15). The second kappa shape index (κ2) is 5.39. The van der Waals surface area contributed by atoms with Crippen molar-refractivity contribution in [2.24, 2.45) is 0 Å². The van der Waals surface area contributed by atoms with Gasteiger partial charge in [-0.05, 0) is 36.8 Å². The highest BCUT2D eigenvalue weighted by Gasteiger charge is 2.02. The monoisotopic (exact) mass is 234 g/mol. The lowest BCUT2D eigenvalue weighted by molar-refractivity contribution is 0.895. The number of imidazole rings is 1. The summed E-state index contributed by atoms with van der Waals surface area (Å²) in [7, 11) is 0. The number of nitrogens with zero attached hydrogens (tertiary/aromatic N) is 1. The molecule has 1 aromatic heterocycles. The van der Waals surface area contributed by atoms with Crippen LogP contribution in [-0.2, 0) is 5.75 Å². The van der Waals surface area contributed by atoms with Crippen LogP contribution in [0.1, 0.15) is 31.2 Å². The fourth-order valence-corrected chi connectivity index (χ4v) is 2.63. The minimum atomic E-state index is 0.994. The highest BCUT2D eigenvalue weighted by molar-refractivity contribution is 7.98. The van der Waals surface area contributed by atoms with Crippen molar-refractivity contribution in [3.05, 3.63) is 29.6 Å². The predicted molar refractivity (Wildman–Crippen MR) is 71.9 cm³/mol. The number of hydrogen-bond acceptors (Lipinski definition) is 2. The Kier molecular flexibility index (Phi) is 3.88. The Balaban J connectivity index is 2.02. The van der Waals surface area contributed by atoms with Crippen LogP contribution in [0.4, 0.5) is 0 Å². The largest absolute Gasteiger partial charge is 0.341 e. The summed E-state index contributed by atoms with van der Waals surface area (Å²) in [6.07, 6.45) is 2.57. The molecule has 2 rings (SSSR count). The minimum absolute atomic E-state index is 0.994. The maximum absolute atomic E-state index is 4.58. The van der Waals surface area contributed by atoms with Crippen LogP contribution in [0.15, 0.2) is 18.2 Å². The summed E-state index contributed by atoms with van der Waals surface area (Å²) in [5.74, 6) is 3.32. The van der Waals surface area contributed by atoms with Crippen LogP contribution in [0.3, 0.4) is 0 Å². The summed E-state index contributed by atoms with van der Waals surface area (Å²) >= 11 is 1.96. The van der Waals surface area contributed by atoms with Crippen molar-refractivity contribution in [2.75, 3.05) is 5.75 Å². The van der Waals surface area contributed by atoms with Crippen LogP contribution in [-0.4, -0.2) is 15.7 Å². The highest BCUT2D eigenvalue weighted by atomic mass is 32.2. The Morgan fingerprint density at radius 3 is 3.06 bits per heavy atom. The number of unbranched alkanes of at least 4 members (excludes halogenated alkanes) is 1. The normalized spacial score (nSPS) is 11.1. The van der Waals surface area contributed by atoms with Crippen LogP contribution >= 0.6 is 11.8 Å². The van der Waals surface area contributed by atoms with Gasteiger partial charge in [0.2, 0.25) is 0 Å². The fraction of sp³-hybridized carbons (Fsp3) is 0.462. The second-order valence-electron chi connectivity index (χ2n) is 4.11. The third-order valence-electron chi connectivity index (χ3n) is 2.57. The molecule has 0 bridgehead atoms. The number of aromatic nitrogens is 2. The molecule has 0 fully saturated rings. The second-order valence-corrected chi connectivity index (χ2v) is 5.22. The van der Waals surface area contributed by atoms with E-state index in [1.54, 1.807) is 0 Å². The third kappa shape index (κ3) is 2.79. The number of benzene rings is 1. The van der Waals surface area contributed by atoms with E-state index in [-0.39, 0.29) is 0 Å². The molecule has 2 aromatic rings. The van der Waals surface area contributed by atoms with Gasteiger partial charge in [-0.1, -0.05) is 19.4 Å². The molecule has 0 unspecified atom stereocenters. The zero-order valence-electron chi connectivity index (χ0n) is 9.92. The Morgan fingerprint density at radius 2 is 2.25 bits per heavy atom. The average molecular weight is 234 g/mol. The summed E-state index contributed by atoms with van der Waals surface area (Å²) in [4.78, 5) is 7.96. The zero-order chi connectivity index (χ0) is 11.4. The highest BCUT2D eigenvalue weighted by Crippen LogP contribution is 2.17.